The number of carbonyl (C=O) groups is 1. The average molecular weight is 350 g/mol. The minimum absolute atomic E-state index is 0.0311. The Kier molecular flexibility index (Phi) is 4.08. The van der Waals surface area contributed by atoms with Gasteiger partial charge in [-0.2, -0.15) is 5.26 Å². The molecule has 1 heterocycles. The normalized spacial score (nSPS) is 13.6. The fraction of sp³-hybridized carbons (Fsp3) is 0.176. The van der Waals surface area contributed by atoms with Gasteiger partial charge in [-0.15, -0.1) is 13.2 Å². The molecule has 4 nitrogen and oxygen atoms in total. The lowest BCUT2D eigenvalue weighted by Crippen LogP contribution is -2.23. The van der Waals surface area contributed by atoms with E-state index in [9.17, 15) is 22.4 Å². The van der Waals surface area contributed by atoms with E-state index in [-0.39, 0.29) is 30.0 Å². The van der Waals surface area contributed by atoms with Crippen LogP contribution in [0.4, 0.5) is 17.6 Å². The molecule has 2 aromatic rings. The predicted molar refractivity (Wildman–Crippen MR) is 77.8 cm³/mol. The molecule has 0 saturated carbocycles. The highest BCUT2D eigenvalue weighted by Gasteiger charge is 2.32. The van der Waals surface area contributed by atoms with E-state index >= 15 is 0 Å². The molecule has 0 radical (unpaired) electrons. The lowest BCUT2D eigenvalue weighted by atomic mass is 10.0. The minimum atomic E-state index is -4.77. The zero-order valence-electron chi connectivity index (χ0n) is 12.6. The molecule has 8 heteroatoms. The van der Waals surface area contributed by atoms with Gasteiger partial charge in [-0.05, 0) is 35.4 Å². The van der Waals surface area contributed by atoms with Crippen LogP contribution < -0.4 is 4.74 Å². The Labute approximate surface area is 139 Å². The molecule has 1 aliphatic rings. The number of fused-ring (bicyclic) bond motifs is 1. The second kappa shape index (κ2) is 6.09. The van der Waals surface area contributed by atoms with E-state index in [1.165, 1.54) is 23.1 Å². The Morgan fingerprint density at radius 3 is 2.48 bits per heavy atom. The highest BCUT2D eigenvalue weighted by atomic mass is 19.4. The first kappa shape index (κ1) is 16.8. The average Bonchev–Trinajstić information content (AvgIpc) is 2.83. The minimum Gasteiger partial charge on any atom is -0.406 e. The molecule has 0 bridgehead atoms. The topological polar surface area (TPSA) is 53.3 Å². The quantitative estimate of drug-likeness (QED) is 0.792. The largest absolute Gasteiger partial charge is 0.573 e. The second-order valence-corrected chi connectivity index (χ2v) is 5.45. The van der Waals surface area contributed by atoms with Crippen molar-refractivity contribution in [2.75, 3.05) is 0 Å². The van der Waals surface area contributed by atoms with Crippen molar-refractivity contribution in [3.8, 4) is 11.8 Å². The van der Waals surface area contributed by atoms with Crippen molar-refractivity contribution < 1.29 is 27.1 Å². The van der Waals surface area contributed by atoms with Crippen molar-refractivity contribution in [1.82, 2.24) is 4.90 Å². The molecule has 0 unspecified atom stereocenters. The molecule has 25 heavy (non-hydrogen) atoms. The van der Waals surface area contributed by atoms with E-state index in [1.807, 2.05) is 0 Å². The molecule has 0 aliphatic carbocycles. The van der Waals surface area contributed by atoms with Crippen molar-refractivity contribution in [1.29, 1.82) is 5.26 Å². The molecule has 1 aliphatic heterocycles. The third kappa shape index (κ3) is 3.55. The van der Waals surface area contributed by atoms with Gasteiger partial charge in [0.15, 0.2) is 0 Å². The Bertz CT molecular complexity index is 870. The molecule has 0 aromatic heterocycles. The monoisotopic (exact) mass is 350 g/mol. The number of rotatable bonds is 3. The van der Waals surface area contributed by atoms with Gasteiger partial charge >= 0.3 is 6.36 Å². The number of nitriles is 1. The van der Waals surface area contributed by atoms with E-state index in [4.69, 9.17) is 5.26 Å². The highest BCUT2D eigenvalue weighted by molar-refractivity contribution is 6.00. The molecule has 0 saturated heterocycles. The third-order valence-electron chi connectivity index (χ3n) is 3.70. The summed E-state index contributed by atoms with van der Waals surface area (Å²) in [4.78, 5) is 13.8. The van der Waals surface area contributed by atoms with Crippen LogP contribution in [0.25, 0.3) is 0 Å². The second-order valence-electron chi connectivity index (χ2n) is 5.45. The van der Waals surface area contributed by atoms with E-state index in [0.717, 1.165) is 18.2 Å². The Hall–Kier alpha value is -3.08. The van der Waals surface area contributed by atoms with Crippen LogP contribution >= 0.6 is 0 Å². The molecule has 0 fully saturated rings. The molecule has 0 atom stereocenters. The van der Waals surface area contributed by atoms with E-state index < -0.39 is 18.1 Å². The maximum atomic E-state index is 13.5. The Morgan fingerprint density at radius 1 is 1.20 bits per heavy atom. The van der Waals surface area contributed by atoms with Crippen LogP contribution in [0.1, 0.15) is 27.0 Å². The summed E-state index contributed by atoms with van der Waals surface area (Å²) < 4.78 is 53.7. The van der Waals surface area contributed by atoms with Crippen molar-refractivity contribution in [2.24, 2.45) is 0 Å². The number of nitrogens with zero attached hydrogens (tertiary/aromatic N) is 2. The van der Waals surface area contributed by atoms with Crippen LogP contribution in [0, 0.1) is 17.1 Å². The third-order valence-corrected chi connectivity index (χ3v) is 3.70. The predicted octanol–water partition coefficient (Wildman–Crippen LogP) is 3.75. The molecular formula is C17H10F4N2O2. The van der Waals surface area contributed by atoms with Crippen molar-refractivity contribution in [2.45, 2.75) is 19.5 Å². The van der Waals surface area contributed by atoms with Crippen LogP contribution in [-0.4, -0.2) is 17.2 Å². The molecular weight excluding hydrogens is 340 g/mol. The molecule has 128 valence electrons. The van der Waals surface area contributed by atoms with Crippen molar-refractivity contribution >= 4 is 5.91 Å². The SMILES string of the molecule is N#Cc1cc(F)cc2c1C(=O)N(Cc1ccc(OC(F)(F)F)cc1)C2. The zero-order valence-corrected chi connectivity index (χ0v) is 12.6. The van der Waals surface area contributed by atoms with E-state index in [2.05, 4.69) is 4.74 Å². The molecule has 3 rings (SSSR count). The number of hydrogen-bond acceptors (Lipinski definition) is 3. The summed E-state index contributed by atoms with van der Waals surface area (Å²) in [6.45, 7) is 0.244. The van der Waals surface area contributed by atoms with Gasteiger partial charge in [0.2, 0.25) is 0 Å². The van der Waals surface area contributed by atoms with Gasteiger partial charge < -0.3 is 9.64 Å². The number of hydrogen-bond donors (Lipinski definition) is 0. The molecule has 2 aromatic carbocycles. The fourth-order valence-electron chi connectivity index (χ4n) is 2.71. The van der Waals surface area contributed by atoms with E-state index in [1.54, 1.807) is 6.07 Å². The summed E-state index contributed by atoms with van der Waals surface area (Å²) in [6, 6.07) is 9.12. The lowest BCUT2D eigenvalue weighted by Gasteiger charge is -2.16. The van der Waals surface area contributed by atoms with E-state index in [0.29, 0.717) is 11.1 Å². The van der Waals surface area contributed by atoms with Gasteiger partial charge in [-0.1, -0.05) is 12.1 Å². The molecule has 0 N–H and O–H groups in total. The Balaban J connectivity index is 1.77. The van der Waals surface area contributed by atoms with Crippen molar-refractivity contribution in [3.63, 3.8) is 0 Å². The summed E-state index contributed by atoms with van der Waals surface area (Å²) in [5.74, 6) is -1.37. The standard InChI is InChI=1S/C17H10F4N2O2/c18-13-5-11(7-22)15-12(6-13)9-23(16(15)24)8-10-1-3-14(4-2-10)25-17(19,20)21/h1-6H,8-9H2. The first-order valence-electron chi connectivity index (χ1n) is 7.13. The summed E-state index contributed by atoms with van der Waals surface area (Å²) in [5, 5.41) is 9.05. The number of amides is 1. The summed E-state index contributed by atoms with van der Waals surface area (Å²) >= 11 is 0. The molecule has 0 spiro atoms. The van der Waals surface area contributed by atoms with Crippen molar-refractivity contribution in [3.05, 3.63) is 64.5 Å². The van der Waals surface area contributed by atoms with Gasteiger partial charge in [-0.25, -0.2) is 4.39 Å². The summed E-state index contributed by atoms with van der Waals surface area (Å²) in [5.41, 5.74) is 1.13. The first-order chi connectivity index (χ1) is 11.8. The van der Waals surface area contributed by atoms with Crippen LogP contribution in [0.5, 0.6) is 5.75 Å². The maximum absolute atomic E-state index is 13.5. The van der Waals surface area contributed by atoms with Crippen LogP contribution in [0.2, 0.25) is 0 Å². The van der Waals surface area contributed by atoms with Crippen LogP contribution in [0.15, 0.2) is 36.4 Å². The number of alkyl halides is 3. The summed E-state index contributed by atoms with van der Waals surface area (Å²) in [7, 11) is 0. The fourth-order valence-corrected chi connectivity index (χ4v) is 2.71. The zero-order chi connectivity index (χ0) is 18.2. The number of carbonyl (C=O) groups excluding carboxylic acids is 1. The van der Waals surface area contributed by atoms with Gasteiger partial charge in [-0.3, -0.25) is 4.79 Å². The number of halogens is 4. The lowest BCUT2D eigenvalue weighted by molar-refractivity contribution is -0.274. The van der Waals surface area contributed by atoms with Gasteiger partial charge in [0.05, 0.1) is 11.1 Å². The number of benzene rings is 2. The highest BCUT2D eigenvalue weighted by Crippen LogP contribution is 2.29. The van der Waals surface area contributed by atoms with Crippen LogP contribution in [0.3, 0.4) is 0 Å². The van der Waals surface area contributed by atoms with Gasteiger partial charge in [0, 0.05) is 13.1 Å². The summed E-state index contributed by atoms with van der Waals surface area (Å²) in [6.07, 6.45) is -4.77. The molecule has 1 amide bonds. The maximum Gasteiger partial charge on any atom is 0.573 e. The van der Waals surface area contributed by atoms with Gasteiger partial charge in [0.1, 0.15) is 17.6 Å². The van der Waals surface area contributed by atoms with Crippen LogP contribution in [-0.2, 0) is 13.1 Å². The Morgan fingerprint density at radius 2 is 1.88 bits per heavy atom. The smallest absolute Gasteiger partial charge is 0.406 e. The first-order valence-corrected chi connectivity index (χ1v) is 7.13. The number of ether oxygens (including phenoxy) is 1. The van der Waals surface area contributed by atoms with Gasteiger partial charge in [0.25, 0.3) is 5.91 Å².